The molecule has 3 nitrogen and oxygen atoms in total. The summed E-state index contributed by atoms with van der Waals surface area (Å²) in [5.41, 5.74) is 0.959. The van der Waals surface area contributed by atoms with Crippen LogP contribution < -0.4 is 0 Å². The minimum absolute atomic E-state index is 0.297. The van der Waals surface area contributed by atoms with Crippen LogP contribution in [0, 0.1) is 5.41 Å². The monoisotopic (exact) mass is 208 g/mol. The van der Waals surface area contributed by atoms with Crippen molar-refractivity contribution in [2.45, 2.75) is 33.0 Å². The van der Waals surface area contributed by atoms with E-state index < -0.39 is 0 Å². The molecule has 0 aromatic rings. The molecule has 0 saturated carbocycles. The number of hydrogen-bond acceptors (Lipinski definition) is 3. The van der Waals surface area contributed by atoms with Gasteiger partial charge < -0.3 is 15.0 Å². The Balaban J connectivity index is 2.47. The maximum absolute atomic E-state index is 7.03. The molecule has 0 aromatic heterocycles. The summed E-state index contributed by atoms with van der Waals surface area (Å²) in [5, 5.41) is 7.03. The predicted octanol–water partition coefficient (Wildman–Crippen LogP) is 2.21. The standard InChI is InChI=1S/C12H20N2O/c1-10(7-13)5-4-6-14-8-11(2)15-12(3)9-14/h4-7,11-13H,8-9H2,1-3H3/b6-4+,10-5-,13-7?/t11-,12+. The van der Waals surface area contributed by atoms with Gasteiger partial charge in [0, 0.05) is 19.3 Å². The van der Waals surface area contributed by atoms with Gasteiger partial charge in [0.25, 0.3) is 0 Å². The van der Waals surface area contributed by atoms with Crippen LogP contribution in [0.5, 0.6) is 0 Å². The van der Waals surface area contributed by atoms with E-state index in [0.717, 1.165) is 18.7 Å². The second-order valence-corrected chi connectivity index (χ2v) is 4.11. The Morgan fingerprint density at radius 1 is 1.33 bits per heavy atom. The molecule has 0 spiro atoms. The summed E-state index contributed by atoms with van der Waals surface area (Å²) >= 11 is 0. The molecule has 3 heteroatoms. The van der Waals surface area contributed by atoms with E-state index in [4.69, 9.17) is 10.1 Å². The molecule has 0 aromatic carbocycles. The fourth-order valence-electron chi connectivity index (χ4n) is 1.70. The van der Waals surface area contributed by atoms with Crippen LogP contribution in [0.4, 0.5) is 0 Å². The lowest BCUT2D eigenvalue weighted by molar-refractivity contribution is -0.0540. The zero-order valence-corrected chi connectivity index (χ0v) is 9.73. The highest BCUT2D eigenvalue weighted by Gasteiger charge is 2.19. The Hall–Kier alpha value is -1.09. The van der Waals surface area contributed by atoms with Gasteiger partial charge in [0.1, 0.15) is 0 Å². The van der Waals surface area contributed by atoms with E-state index in [-0.39, 0.29) is 0 Å². The van der Waals surface area contributed by atoms with Crippen molar-refractivity contribution in [3.63, 3.8) is 0 Å². The predicted molar refractivity (Wildman–Crippen MR) is 63.3 cm³/mol. The smallest absolute Gasteiger partial charge is 0.0726 e. The van der Waals surface area contributed by atoms with Gasteiger partial charge in [-0.25, -0.2) is 0 Å². The van der Waals surface area contributed by atoms with Crippen molar-refractivity contribution in [1.29, 1.82) is 5.41 Å². The first-order valence-electron chi connectivity index (χ1n) is 5.37. The Bertz CT molecular complexity index is 261. The summed E-state index contributed by atoms with van der Waals surface area (Å²) in [6, 6.07) is 0. The maximum atomic E-state index is 7.03. The molecule has 1 fully saturated rings. The number of morpholine rings is 1. The van der Waals surface area contributed by atoms with E-state index in [1.165, 1.54) is 6.21 Å². The highest BCUT2D eigenvalue weighted by atomic mass is 16.5. The van der Waals surface area contributed by atoms with Crippen LogP contribution in [0.2, 0.25) is 0 Å². The molecule has 84 valence electrons. The maximum Gasteiger partial charge on any atom is 0.0726 e. The number of hydrogen-bond donors (Lipinski definition) is 1. The topological polar surface area (TPSA) is 36.3 Å². The van der Waals surface area contributed by atoms with Crippen LogP contribution in [0.15, 0.2) is 23.9 Å². The summed E-state index contributed by atoms with van der Waals surface area (Å²) in [7, 11) is 0. The zero-order valence-electron chi connectivity index (χ0n) is 9.73. The van der Waals surface area contributed by atoms with E-state index in [1.807, 2.05) is 19.1 Å². The molecule has 1 aliphatic rings. The molecular formula is C12H20N2O. The molecule has 0 amide bonds. The molecule has 2 atom stereocenters. The zero-order chi connectivity index (χ0) is 11.3. The minimum Gasteiger partial charge on any atom is -0.372 e. The molecule has 0 bridgehead atoms. The van der Waals surface area contributed by atoms with Gasteiger partial charge in [-0.15, -0.1) is 0 Å². The summed E-state index contributed by atoms with van der Waals surface area (Å²) in [5.74, 6) is 0. The highest BCUT2D eigenvalue weighted by molar-refractivity contribution is 5.75. The first-order valence-corrected chi connectivity index (χ1v) is 5.37. The minimum atomic E-state index is 0.297. The molecule has 0 aliphatic carbocycles. The van der Waals surface area contributed by atoms with Crippen molar-refractivity contribution in [2.75, 3.05) is 13.1 Å². The lowest BCUT2D eigenvalue weighted by Gasteiger charge is -2.34. The third kappa shape index (κ3) is 4.30. The van der Waals surface area contributed by atoms with Gasteiger partial charge in [0.15, 0.2) is 0 Å². The summed E-state index contributed by atoms with van der Waals surface area (Å²) in [6.45, 7) is 7.99. The lowest BCUT2D eigenvalue weighted by atomic mass is 10.2. The van der Waals surface area contributed by atoms with Gasteiger partial charge in [-0.2, -0.15) is 0 Å². The molecule has 1 saturated heterocycles. The molecule has 1 heterocycles. The highest BCUT2D eigenvalue weighted by Crippen LogP contribution is 2.10. The van der Waals surface area contributed by atoms with Gasteiger partial charge in [-0.3, -0.25) is 0 Å². The van der Waals surface area contributed by atoms with Gasteiger partial charge in [-0.05, 0) is 38.6 Å². The summed E-state index contributed by atoms with van der Waals surface area (Å²) in [6.07, 6.45) is 7.96. The van der Waals surface area contributed by atoms with Crippen LogP contribution in [0.1, 0.15) is 20.8 Å². The molecular weight excluding hydrogens is 188 g/mol. The van der Waals surface area contributed by atoms with Gasteiger partial charge >= 0.3 is 0 Å². The number of nitrogens with zero attached hydrogens (tertiary/aromatic N) is 1. The fourth-order valence-corrected chi connectivity index (χ4v) is 1.70. The Kier molecular flexibility index (Phi) is 4.56. The summed E-state index contributed by atoms with van der Waals surface area (Å²) in [4.78, 5) is 2.26. The number of ether oxygens (including phenoxy) is 1. The molecule has 0 radical (unpaired) electrons. The van der Waals surface area contributed by atoms with Crippen LogP contribution in [0.3, 0.4) is 0 Å². The average Bonchev–Trinajstić information content (AvgIpc) is 2.16. The number of rotatable bonds is 3. The summed E-state index contributed by atoms with van der Waals surface area (Å²) < 4.78 is 5.64. The molecule has 0 unspecified atom stereocenters. The molecule has 1 rings (SSSR count). The van der Waals surface area contributed by atoms with Crippen LogP contribution >= 0.6 is 0 Å². The second-order valence-electron chi connectivity index (χ2n) is 4.11. The van der Waals surface area contributed by atoms with E-state index >= 15 is 0 Å². The van der Waals surface area contributed by atoms with E-state index in [1.54, 1.807) is 0 Å². The normalized spacial score (nSPS) is 28.5. The third-order valence-electron chi connectivity index (χ3n) is 2.33. The van der Waals surface area contributed by atoms with E-state index in [2.05, 4.69) is 24.9 Å². The first kappa shape index (κ1) is 12.0. The van der Waals surface area contributed by atoms with Crippen molar-refractivity contribution < 1.29 is 4.74 Å². The van der Waals surface area contributed by atoms with Crippen molar-refractivity contribution in [1.82, 2.24) is 4.90 Å². The first-order chi connectivity index (χ1) is 7.11. The van der Waals surface area contributed by atoms with Gasteiger partial charge in [0.05, 0.1) is 12.2 Å². The van der Waals surface area contributed by atoms with E-state index in [9.17, 15) is 0 Å². The largest absolute Gasteiger partial charge is 0.372 e. The van der Waals surface area contributed by atoms with Gasteiger partial charge in [0.2, 0.25) is 0 Å². The molecule has 1 N–H and O–H groups in total. The number of nitrogens with one attached hydrogen (secondary N) is 1. The van der Waals surface area contributed by atoms with Crippen LogP contribution in [-0.2, 0) is 4.74 Å². The fraction of sp³-hybridized carbons (Fsp3) is 0.583. The third-order valence-corrected chi connectivity index (χ3v) is 2.33. The quantitative estimate of drug-likeness (QED) is 0.570. The van der Waals surface area contributed by atoms with Crippen molar-refractivity contribution >= 4 is 6.21 Å². The van der Waals surface area contributed by atoms with Gasteiger partial charge in [-0.1, -0.05) is 6.08 Å². The molecule has 15 heavy (non-hydrogen) atoms. The second kappa shape index (κ2) is 5.71. The average molecular weight is 208 g/mol. The van der Waals surface area contributed by atoms with E-state index in [0.29, 0.717) is 12.2 Å². The Morgan fingerprint density at radius 3 is 2.47 bits per heavy atom. The number of allylic oxidation sites excluding steroid dienone is 3. The SMILES string of the molecule is C/C(C=N)=C/C=C/N1C[C@@H](C)O[C@@H](C)C1. The lowest BCUT2D eigenvalue weighted by Crippen LogP contribution is -2.42. The van der Waals surface area contributed by atoms with Crippen molar-refractivity contribution in [3.8, 4) is 0 Å². The van der Waals surface area contributed by atoms with Crippen molar-refractivity contribution in [2.24, 2.45) is 0 Å². The Labute approximate surface area is 91.9 Å². The Morgan fingerprint density at radius 2 is 1.93 bits per heavy atom. The van der Waals surface area contributed by atoms with Crippen molar-refractivity contribution in [3.05, 3.63) is 23.9 Å². The molecule has 1 aliphatic heterocycles. The van der Waals surface area contributed by atoms with Crippen LogP contribution in [-0.4, -0.2) is 36.4 Å². The van der Waals surface area contributed by atoms with Crippen LogP contribution in [0.25, 0.3) is 0 Å².